The maximum Gasteiger partial charge on any atom is 0.123 e. The number of rotatable bonds is 2. The average Bonchev–Trinajstić information content (AvgIpc) is 2.45. The van der Waals surface area contributed by atoms with Crippen LogP contribution in [0.2, 0.25) is 0 Å². The molecule has 2 nitrogen and oxygen atoms in total. The van der Waals surface area contributed by atoms with Gasteiger partial charge in [-0.2, -0.15) is 0 Å². The topological polar surface area (TPSA) is 23.5 Å². The zero-order valence-corrected chi connectivity index (χ0v) is 11.5. The van der Waals surface area contributed by atoms with E-state index in [1.165, 1.54) is 11.6 Å². The third-order valence-corrected chi connectivity index (χ3v) is 4.04. The number of halogens is 1. The Hall–Kier alpha value is -1.71. The molecule has 0 radical (unpaired) electrons. The van der Waals surface area contributed by atoms with E-state index in [9.17, 15) is 9.50 Å². The van der Waals surface area contributed by atoms with Gasteiger partial charge in [-0.15, -0.1) is 0 Å². The Labute approximate surface area is 118 Å². The fourth-order valence-corrected chi connectivity index (χ4v) is 2.91. The number of aliphatic hydroxyl groups excluding tert-OH is 1. The first-order valence-corrected chi connectivity index (χ1v) is 6.90. The maximum atomic E-state index is 13.4. The highest BCUT2D eigenvalue weighted by Crippen LogP contribution is 2.35. The molecule has 0 aliphatic carbocycles. The van der Waals surface area contributed by atoms with Gasteiger partial charge in [0.25, 0.3) is 0 Å². The second-order valence-corrected chi connectivity index (χ2v) is 5.38. The van der Waals surface area contributed by atoms with Crippen molar-refractivity contribution in [3.8, 4) is 0 Å². The van der Waals surface area contributed by atoms with Crippen LogP contribution in [0.1, 0.15) is 35.8 Å². The molecule has 0 aromatic heterocycles. The highest BCUT2D eigenvalue weighted by molar-refractivity contribution is 5.35. The molecule has 20 heavy (non-hydrogen) atoms. The van der Waals surface area contributed by atoms with Gasteiger partial charge in [-0.3, -0.25) is 4.90 Å². The Morgan fingerprint density at radius 1 is 1.15 bits per heavy atom. The smallest absolute Gasteiger partial charge is 0.123 e. The number of β-amino-alcohol motifs (C(OH)–C–C–N with tert-alkyl or cyclic N) is 1. The molecule has 1 aliphatic rings. The van der Waals surface area contributed by atoms with Gasteiger partial charge in [-0.05, 0) is 35.7 Å². The summed E-state index contributed by atoms with van der Waals surface area (Å²) in [7, 11) is 0. The summed E-state index contributed by atoms with van der Waals surface area (Å²) in [5.41, 5.74) is 2.94. The van der Waals surface area contributed by atoms with E-state index in [1.54, 1.807) is 12.1 Å². The van der Waals surface area contributed by atoms with Gasteiger partial charge in [-0.25, -0.2) is 4.39 Å². The summed E-state index contributed by atoms with van der Waals surface area (Å²) in [6.07, 6.45) is -0.550. The molecule has 0 amide bonds. The van der Waals surface area contributed by atoms with Crippen LogP contribution >= 0.6 is 0 Å². The van der Waals surface area contributed by atoms with E-state index in [1.807, 2.05) is 18.2 Å². The molecule has 0 saturated heterocycles. The van der Waals surface area contributed by atoms with E-state index in [2.05, 4.69) is 24.0 Å². The number of benzene rings is 2. The number of fused-ring (bicyclic) bond motifs is 1. The van der Waals surface area contributed by atoms with E-state index in [4.69, 9.17) is 0 Å². The molecule has 0 bridgehead atoms. The van der Waals surface area contributed by atoms with Crippen molar-refractivity contribution in [2.24, 2.45) is 0 Å². The molecule has 3 heteroatoms. The Balaban J connectivity index is 1.89. The lowest BCUT2D eigenvalue weighted by molar-refractivity contribution is 0.0664. The minimum absolute atomic E-state index is 0.101. The molecule has 104 valence electrons. The summed E-state index contributed by atoms with van der Waals surface area (Å²) in [5, 5.41) is 10.3. The summed E-state index contributed by atoms with van der Waals surface area (Å²) in [5.74, 6) is -0.246. The summed E-state index contributed by atoms with van der Waals surface area (Å²) in [6.45, 7) is 3.40. The van der Waals surface area contributed by atoms with Crippen LogP contribution in [0.15, 0.2) is 48.5 Å². The zero-order chi connectivity index (χ0) is 14.1. The molecule has 1 N–H and O–H groups in total. The Morgan fingerprint density at radius 2 is 1.90 bits per heavy atom. The van der Waals surface area contributed by atoms with Crippen molar-refractivity contribution in [2.75, 3.05) is 6.54 Å². The first kappa shape index (κ1) is 13.3. The van der Waals surface area contributed by atoms with Crippen molar-refractivity contribution < 1.29 is 9.50 Å². The Bertz CT molecular complexity index is 599. The van der Waals surface area contributed by atoms with Crippen LogP contribution in [0.5, 0.6) is 0 Å². The monoisotopic (exact) mass is 271 g/mol. The lowest BCUT2D eigenvalue weighted by atomic mass is 9.91. The van der Waals surface area contributed by atoms with Crippen LogP contribution in [0.25, 0.3) is 0 Å². The largest absolute Gasteiger partial charge is 0.387 e. The van der Waals surface area contributed by atoms with Gasteiger partial charge in [0.15, 0.2) is 0 Å². The first-order valence-electron chi connectivity index (χ1n) is 6.90. The van der Waals surface area contributed by atoms with Crippen LogP contribution in [0, 0.1) is 5.82 Å². The van der Waals surface area contributed by atoms with Crippen LogP contribution in [-0.4, -0.2) is 16.6 Å². The number of aliphatic hydroxyl groups is 1. The van der Waals surface area contributed by atoms with Gasteiger partial charge in [0.1, 0.15) is 5.82 Å². The molecule has 1 aliphatic heterocycles. The van der Waals surface area contributed by atoms with Gasteiger partial charge in [0.05, 0.1) is 6.10 Å². The quantitative estimate of drug-likeness (QED) is 0.904. The summed E-state index contributed by atoms with van der Waals surface area (Å²) in [4.78, 5) is 2.18. The van der Waals surface area contributed by atoms with E-state index in [-0.39, 0.29) is 11.9 Å². The molecular formula is C17H18FNO. The fourth-order valence-electron chi connectivity index (χ4n) is 2.91. The lowest BCUT2D eigenvalue weighted by Crippen LogP contribution is -2.36. The third kappa shape index (κ3) is 2.47. The molecular weight excluding hydrogens is 253 g/mol. The van der Waals surface area contributed by atoms with Gasteiger partial charge in [-0.1, -0.05) is 36.4 Å². The minimum Gasteiger partial charge on any atom is -0.387 e. The SMILES string of the molecule is CC1c2cc(F)ccc2C(O)CN1Cc1ccccc1. The van der Waals surface area contributed by atoms with Crippen molar-refractivity contribution in [3.05, 3.63) is 71.0 Å². The second kappa shape index (κ2) is 5.35. The standard InChI is InChI=1S/C17H18FNO/c1-12-16-9-14(18)7-8-15(16)17(20)11-19(12)10-13-5-3-2-4-6-13/h2-9,12,17,20H,10-11H2,1H3. The van der Waals surface area contributed by atoms with Crippen molar-refractivity contribution >= 4 is 0 Å². The second-order valence-electron chi connectivity index (χ2n) is 5.38. The highest BCUT2D eigenvalue weighted by Gasteiger charge is 2.29. The molecule has 3 rings (SSSR count). The first-order chi connectivity index (χ1) is 9.65. The van der Waals surface area contributed by atoms with Crippen LogP contribution in [-0.2, 0) is 6.54 Å². The Morgan fingerprint density at radius 3 is 2.65 bits per heavy atom. The van der Waals surface area contributed by atoms with E-state index in [0.717, 1.165) is 17.7 Å². The van der Waals surface area contributed by atoms with Crippen molar-refractivity contribution in [2.45, 2.75) is 25.6 Å². The number of hydrogen-bond donors (Lipinski definition) is 1. The van der Waals surface area contributed by atoms with Gasteiger partial charge >= 0.3 is 0 Å². The average molecular weight is 271 g/mol. The predicted molar refractivity (Wildman–Crippen MR) is 76.6 cm³/mol. The van der Waals surface area contributed by atoms with Gasteiger partial charge in [0, 0.05) is 19.1 Å². The van der Waals surface area contributed by atoms with E-state index in [0.29, 0.717) is 6.54 Å². The van der Waals surface area contributed by atoms with Crippen LogP contribution < -0.4 is 0 Å². The molecule has 2 aromatic carbocycles. The van der Waals surface area contributed by atoms with Crippen molar-refractivity contribution in [1.82, 2.24) is 4.90 Å². The van der Waals surface area contributed by atoms with Crippen LogP contribution in [0.3, 0.4) is 0 Å². The lowest BCUT2D eigenvalue weighted by Gasteiger charge is -2.37. The molecule has 0 saturated carbocycles. The van der Waals surface area contributed by atoms with Crippen molar-refractivity contribution in [3.63, 3.8) is 0 Å². The van der Waals surface area contributed by atoms with Crippen molar-refractivity contribution in [1.29, 1.82) is 0 Å². The highest BCUT2D eigenvalue weighted by atomic mass is 19.1. The molecule has 1 heterocycles. The summed E-state index contributed by atoms with van der Waals surface area (Å²) >= 11 is 0. The fraction of sp³-hybridized carbons (Fsp3) is 0.294. The maximum absolute atomic E-state index is 13.4. The van der Waals surface area contributed by atoms with Gasteiger partial charge in [0.2, 0.25) is 0 Å². The van der Waals surface area contributed by atoms with Gasteiger partial charge < -0.3 is 5.11 Å². The predicted octanol–water partition coefficient (Wildman–Crippen LogP) is 3.44. The Kier molecular flexibility index (Phi) is 3.55. The third-order valence-electron chi connectivity index (χ3n) is 4.04. The summed E-state index contributed by atoms with van der Waals surface area (Å²) in [6, 6.07) is 14.9. The minimum atomic E-state index is -0.550. The molecule has 2 unspecified atom stereocenters. The van der Waals surface area contributed by atoms with E-state index >= 15 is 0 Å². The van der Waals surface area contributed by atoms with E-state index < -0.39 is 6.10 Å². The normalized spacial score (nSPS) is 22.6. The zero-order valence-electron chi connectivity index (χ0n) is 11.5. The molecule has 0 fully saturated rings. The number of hydrogen-bond acceptors (Lipinski definition) is 2. The molecule has 0 spiro atoms. The van der Waals surface area contributed by atoms with Crippen LogP contribution in [0.4, 0.5) is 4.39 Å². The molecule has 2 aromatic rings. The summed E-state index contributed by atoms with van der Waals surface area (Å²) < 4.78 is 13.4. The number of nitrogens with zero attached hydrogens (tertiary/aromatic N) is 1. The molecule has 2 atom stereocenters.